The molecule has 0 fully saturated rings. The third kappa shape index (κ3) is 3.31. The highest BCUT2D eigenvalue weighted by molar-refractivity contribution is 5.69. The lowest BCUT2D eigenvalue weighted by Gasteiger charge is -2.08. The third-order valence-corrected chi connectivity index (χ3v) is 2.38. The molecule has 0 spiro atoms. The number of ether oxygens (including phenoxy) is 1. The topological polar surface area (TPSA) is 46.5 Å². The molecule has 1 rings (SSSR count). The van der Waals surface area contributed by atoms with Crippen molar-refractivity contribution in [1.29, 1.82) is 0 Å². The van der Waals surface area contributed by atoms with E-state index in [1.54, 1.807) is 19.1 Å². The summed E-state index contributed by atoms with van der Waals surface area (Å²) >= 11 is 0. The molecule has 0 aliphatic heterocycles. The van der Waals surface area contributed by atoms with E-state index in [1.165, 1.54) is 13.2 Å². The average Bonchev–Trinajstić information content (AvgIpc) is 2.22. The summed E-state index contributed by atoms with van der Waals surface area (Å²) in [6.07, 6.45) is 0.203. The summed E-state index contributed by atoms with van der Waals surface area (Å²) in [6.45, 7) is 1.91. The molecular formula is C12H15FO3. The fourth-order valence-corrected chi connectivity index (χ4v) is 1.43. The minimum Gasteiger partial charge on any atom is -0.481 e. The van der Waals surface area contributed by atoms with Gasteiger partial charge in [-0.3, -0.25) is 4.79 Å². The Balaban J connectivity index is 2.78. The number of aliphatic carboxylic acids is 1. The number of methoxy groups -OCH3 is 1. The predicted molar refractivity (Wildman–Crippen MR) is 57.6 cm³/mol. The molecule has 0 bridgehead atoms. The zero-order valence-electron chi connectivity index (χ0n) is 9.37. The second kappa shape index (κ2) is 5.61. The zero-order chi connectivity index (χ0) is 12.1. The largest absolute Gasteiger partial charge is 0.481 e. The second-order valence-corrected chi connectivity index (χ2v) is 3.80. The molecule has 0 aromatic heterocycles. The molecule has 0 amide bonds. The van der Waals surface area contributed by atoms with Gasteiger partial charge in [0, 0.05) is 7.11 Å². The first-order chi connectivity index (χ1) is 7.54. The molecule has 1 aromatic carbocycles. The first-order valence-corrected chi connectivity index (χ1v) is 5.03. The molecule has 88 valence electrons. The Morgan fingerprint density at radius 1 is 1.56 bits per heavy atom. The summed E-state index contributed by atoms with van der Waals surface area (Å²) in [5, 5.41) is 8.73. The number of carboxylic acid groups (broad SMARTS) is 1. The number of hydrogen-bond acceptors (Lipinski definition) is 2. The summed E-state index contributed by atoms with van der Waals surface area (Å²) < 4.78 is 18.4. The molecule has 0 aliphatic carbocycles. The highest BCUT2D eigenvalue weighted by Gasteiger charge is 2.14. The molecule has 1 aromatic rings. The van der Waals surface area contributed by atoms with Crippen molar-refractivity contribution in [1.82, 2.24) is 0 Å². The van der Waals surface area contributed by atoms with Gasteiger partial charge in [-0.05, 0) is 23.6 Å². The molecule has 16 heavy (non-hydrogen) atoms. The smallest absolute Gasteiger partial charge is 0.306 e. The van der Waals surface area contributed by atoms with E-state index in [0.717, 1.165) is 5.56 Å². The van der Waals surface area contributed by atoms with Crippen molar-refractivity contribution in [2.75, 3.05) is 7.11 Å². The van der Waals surface area contributed by atoms with E-state index >= 15 is 0 Å². The third-order valence-electron chi connectivity index (χ3n) is 2.38. The molecule has 0 saturated heterocycles. The molecule has 4 heteroatoms. The van der Waals surface area contributed by atoms with Gasteiger partial charge in [0.05, 0.1) is 12.5 Å². The fourth-order valence-electron chi connectivity index (χ4n) is 1.43. The molecule has 0 aliphatic rings. The maximum Gasteiger partial charge on any atom is 0.306 e. The standard InChI is InChI=1S/C12H15FO3/c1-8(12(14)15)5-10-4-3-9(7-16-2)6-11(10)13/h3-4,6,8H,5,7H2,1-2H3,(H,14,15). The van der Waals surface area contributed by atoms with E-state index in [2.05, 4.69) is 0 Å². The lowest BCUT2D eigenvalue weighted by molar-refractivity contribution is -0.141. The van der Waals surface area contributed by atoms with E-state index in [0.29, 0.717) is 12.2 Å². The van der Waals surface area contributed by atoms with Crippen LogP contribution in [-0.4, -0.2) is 18.2 Å². The van der Waals surface area contributed by atoms with Gasteiger partial charge in [-0.2, -0.15) is 0 Å². The summed E-state index contributed by atoms with van der Waals surface area (Å²) in [6, 6.07) is 4.74. The zero-order valence-corrected chi connectivity index (χ0v) is 9.37. The van der Waals surface area contributed by atoms with Gasteiger partial charge in [0.1, 0.15) is 5.82 Å². The minimum absolute atomic E-state index is 0.203. The van der Waals surface area contributed by atoms with Gasteiger partial charge in [0.15, 0.2) is 0 Å². The Bertz CT molecular complexity index is 377. The average molecular weight is 226 g/mol. The monoisotopic (exact) mass is 226 g/mol. The molecule has 3 nitrogen and oxygen atoms in total. The molecular weight excluding hydrogens is 211 g/mol. The van der Waals surface area contributed by atoms with Gasteiger partial charge >= 0.3 is 5.97 Å². The number of carbonyl (C=O) groups is 1. The number of rotatable bonds is 5. The van der Waals surface area contributed by atoms with Crippen LogP contribution in [-0.2, 0) is 22.6 Å². The van der Waals surface area contributed by atoms with Crippen molar-refractivity contribution in [2.24, 2.45) is 5.92 Å². The summed E-state index contributed by atoms with van der Waals surface area (Å²) in [7, 11) is 1.54. The Kier molecular flexibility index (Phi) is 4.43. The van der Waals surface area contributed by atoms with Gasteiger partial charge < -0.3 is 9.84 Å². The second-order valence-electron chi connectivity index (χ2n) is 3.80. The van der Waals surface area contributed by atoms with Crippen LogP contribution in [0, 0.1) is 11.7 Å². The van der Waals surface area contributed by atoms with E-state index in [-0.39, 0.29) is 12.2 Å². The maximum atomic E-state index is 13.5. The van der Waals surface area contributed by atoms with Crippen LogP contribution < -0.4 is 0 Å². The Hall–Kier alpha value is -1.42. The summed E-state index contributed by atoms with van der Waals surface area (Å²) in [5.74, 6) is -1.87. The van der Waals surface area contributed by atoms with Crippen LogP contribution in [0.15, 0.2) is 18.2 Å². The van der Waals surface area contributed by atoms with Crippen LogP contribution in [0.5, 0.6) is 0 Å². The summed E-state index contributed by atoms with van der Waals surface area (Å²) in [5.41, 5.74) is 1.17. The van der Waals surface area contributed by atoms with Crippen LogP contribution in [0.2, 0.25) is 0 Å². The Morgan fingerprint density at radius 2 is 2.25 bits per heavy atom. The lowest BCUT2D eigenvalue weighted by atomic mass is 10.00. The molecule has 1 atom stereocenters. The van der Waals surface area contributed by atoms with E-state index in [4.69, 9.17) is 9.84 Å². The molecule has 1 N–H and O–H groups in total. The lowest BCUT2D eigenvalue weighted by Crippen LogP contribution is -2.13. The van der Waals surface area contributed by atoms with Crippen molar-refractivity contribution in [3.63, 3.8) is 0 Å². The molecule has 0 saturated carbocycles. The molecule has 1 unspecified atom stereocenters. The van der Waals surface area contributed by atoms with E-state index in [1.807, 2.05) is 0 Å². The van der Waals surface area contributed by atoms with Gasteiger partial charge in [-0.15, -0.1) is 0 Å². The minimum atomic E-state index is -0.916. The molecule has 0 radical (unpaired) electrons. The van der Waals surface area contributed by atoms with Gasteiger partial charge in [0.25, 0.3) is 0 Å². The summed E-state index contributed by atoms with van der Waals surface area (Å²) in [4.78, 5) is 10.6. The Labute approximate surface area is 93.9 Å². The van der Waals surface area contributed by atoms with Crippen molar-refractivity contribution in [2.45, 2.75) is 20.0 Å². The number of benzene rings is 1. The van der Waals surface area contributed by atoms with Crippen LogP contribution >= 0.6 is 0 Å². The van der Waals surface area contributed by atoms with Crippen LogP contribution in [0.4, 0.5) is 4.39 Å². The molecule has 0 heterocycles. The van der Waals surface area contributed by atoms with Crippen LogP contribution in [0.1, 0.15) is 18.1 Å². The number of halogens is 1. The first kappa shape index (κ1) is 12.6. The van der Waals surface area contributed by atoms with Crippen molar-refractivity contribution in [3.8, 4) is 0 Å². The highest BCUT2D eigenvalue weighted by atomic mass is 19.1. The SMILES string of the molecule is COCc1ccc(CC(C)C(=O)O)c(F)c1. The van der Waals surface area contributed by atoms with Gasteiger partial charge in [-0.1, -0.05) is 19.1 Å². The van der Waals surface area contributed by atoms with Crippen molar-refractivity contribution >= 4 is 5.97 Å². The maximum absolute atomic E-state index is 13.5. The van der Waals surface area contributed by atoms with Gasteiger partial charge in [-0.25, -0.2) is 4.39 Å². The van der Waals surface area contributed by atoms with Crippen molar-refractivity contribution < 1.29 is 19.0 Å². The highest BCUT2D eigenvalue weighted by Crippen LogP contribution is 2.15. The van der Waals surface area contributed by atoms with E-state index in [9.17, 15) is 9.18 Å². The van der Waals surface area contributed by atoms with Crippen LogP contribution in [0.25, 0.3) is 0 Å². The van der Waals surface area contributed by atoms with Gasteiger partial charge in [0.2, 0.25) is 0 Å². The Morgan fingerprint density at radius 3 is 2.75 bits per heavy atom. The van der Waals surface area contributed by atoms with E-state index < -0.39 is 11.9 Å². The normalized spacial score (nSPS) is 12.4. The number of carboxylic acids is 1. The quantitative estimate of drug-likeness (QED) is 0.837. The number of hydrogen-bond donors (Lipinski definition) is 1. The first-order valence-electron chi connectivity index (χ1n) is 5.03. The predicted octanol–water partition coefficient (Wildman–Crippen LogP) is 2.24. The van der Waals surface area contributed by atoms with Crippen molar-refractivity contribution in [3.05, 3.63) is 35.1 Å². The van der Waals surface area contributed by atoms with Crippen LogP contribution in [0.3, 0.4) is 0 Å². The fraction of sp³-hybridized carbons (Fsp3) is 0.417.